The molecular formula is C28H37BrN4O5. The summed E-state index contributed by atoms with van der Waals surface area (Å²) in [5.74, 6) is -0.00587. The lowest BCUT2D eigenvalue weighted by molar-refractivity contribution is -0.128. The standard InChI is InChI=1S/C28H36N4O5.BrH/c1-8-37-24-12-20-18(10-21(24)27(36)30-6)14-32(26(20)29)15-23(34)17-9-19(13-31(7)16(2)33)25(35)22(11-17)28(3,4)5;/h9-12,29,35H,8,13-15H2,1-7H3,(H,30,36);1H. The summed E-state index contributed by atoms with van der Waals surface area (Å²) in [5, 5.41) is 22.2. The van der Waals surface area contributed by atoms with Crippen LogP contribution >= 0.6 is 17.0 Å². The number of benzene rings is 2. The number of ether oxygens (including phenoxy) is 1. The molecule has 2 aromatic rings. The molecule has 0 radical (unpaired) electrons. The van der Waals surface area contributed by atoms with Crippen LogP contribution in [0.15, 0.2) is 24.3 Å². The summed E-state index contributed by atoms with van der Waals surface area (Å²) in [6, 6.07) is 6.71. The molecule has 0 saturated heterocycles. The van der Waals surface area contributed by atoms with Gasteiger partial charge in [-0.3, -0.25) is 19.8 Å². The third-order valence-electron chi connectivity index (χ3n) is 6.51. The van der Waals surface area contributed by atoms with Crippen LogP contribution in [0.1, 0.15) is 77.6 Å². The van der Waals surface area contributed by atoms with Crippen molar-refractivity contribution in [2.24, 2.45) is 0 Å². The van der Waals surface area contributed by atoms with Crippen molar-refractivity contribution in [2.45, 2.75) is 53.1 Å². The number of nitrogens with zero attached hydrogens (tertiary/aromatic N) is 2. The predicted molar refractivity (Wildman–Crippen MR) is 152 cm³/mol. The van der Waals surface area contributed by atoms with Crippen molar-refractivity contribution >= 4 is 40.4 Å². The monoisotopic (exact) mass is 588 g/mol. The maximum absolute atomic E-state index is 13.5. The van der Waals surface area contributed by atoms with Crippen LogP contribution < -0.4 is 10.1 Å². The first-order valence-electron chi connectivity index (χ1n) is 12.2. The summed E-state index contributed by atoms with van der Waals surface area (Å²) in [4.78, 5) is 40.8. The van der Waals surface area contributed by atoms with Gasteiger partial charge in [-0.05, 0) is 42.2 Å². The Morgan fingerprint density at radius 1 is 1.18 bits per heavy atom. The summed E-state index contributed by atoms with van der Waals surface area (Å²) in [7, 11) is 3.18. The summed E-state index contributed by atoms with van der Waals surface area (Å²) in [6.07, 6.45) is 0. The Kier molecular flexibility index (Phi) is 9.72. The molecule has 1 aliphatic rings. The van der Waals surface area contributed by atoms with Crippen LogP contribution in [0.2, 0.25) is 0 Å². The number of rotatable bonds is 8. The van der Waals surface area contributed by atoms with E-state index in [2.05, 4.69) is 5.32 Å². The number of hydrogen-bond donors (Lipinski definition) is 3. The highest BCUT2D eigenvalue weighted by Crippen LogP contribution is 2.36. The zero-order chi connectivity index (χ0) is 27.7. The number of Topliss-reactive ketones (excluding diaryl/α,β-unsaturated/α-hetero) is 1. The minimum absolute atomic E-state index is 0. The number of hydrogen-bond acceptors (Lipinski definition) is 6. The highest BCUT2D eigenvalue weighted by Gasteiger charge is 2.30. The number of nitrogens with one attached hydrogen (secondary N) is 2. The lowest BCUT2D eigenvalue weighted by Gasteiger charge is -2.25. The molecule has 0 atom stereocenters. The van der Waals surface area contributed by atoms with Crippen LogP contribution in [-0.4, -0.2) is 65.6 Å². The van der Waals surface area contributed by atoms with E-state index in [0.717, 1.165) is 5.56 Å². The minimum Gasteiger partial charge on any atom is -0.507 e. The Balaban J connectivity index is 0.00000507. The van der Waals surface area contributed by atoms with E-state index in [1.165, 1.54) is 11.8 Å². The average molecular weight is 590 g/mol. The number of carbonyl (C=O) groups is 3. The number of fused-ring (bicyclic) bond motifs is 1. The number of ketones is 1. The van der Waals surface area contributed by atoms with E-state index >= 15 is 0 Å². The summed E-state index contributed by atoms with van der Waals surface area (Å²) in [5.41, 5.74) is 2.84. The second kappa shape index (κ2) is 12.0. The average Bonchev–Trinajstić information content (AvgIpc) is 3.12. The SMILES string of the molecule is Br.CCOc1cc2c(cc1C(=O)NC)CN(CC(=O)c1cc(CN(C)C(C)=O)c(O)c(C(C)(C)C)c1)C2=N. The molecule has 0 unspecified atom stereocenters. The Morgan fingerprint density at radius 3 is 2.39 bits per heavy atom. The van der Waals surface area contributed by atoms with Gasteiger partial charge in [-0.25, -0.2) is 0 Å². The van der Waals surface area contributed by atoms with Gasteiger partial charge in [0.15, 0.2) is 5.78 Å². The molecule has 1 heterocycles. The molecule has 0 saturated carbocycles. The van der Waals surface area contributed by atoms with E-state index < -0.39 is 5.41 Å². The number of halogens is 1. The molecule has 38 heavy (non-hydrogen) atoms. The van der Waals surface area contributed by atoms with Gasteiger partial charge in [0, 0.05) is 56.4 Å². The van der Waals surface area contributed by atoms with Crippen LogP contribution in [0.5, 0.6) is 11.5 Å². The van der Waals surface area contributed by atoms with Gasteiger partial charge >= 0.3 is 0 Å². The maximum atomic E-state index is 13.5. The Morgan fingerprint density at radius 2 is 1.84 bits per heavy atom. The van der Waals surface area contributed by atoms with Gasteiger partial charge < -0.3 is 25.0 Å². The van der Waals surface area contributed by atoms with Gasteiger partial charge in [0.25, 0.3) is 5.91 Å². The molecule has 0 bridgehead atoms. The normalized spacial score (nSPS) is 12.5. The fraction of sp³-hybridized carbons (Fsp3) is 0.429. The van der Waals surface area contributed by atoms with E-state index in [1.807, 2.05) is 27.7 Å². The van der Waals surface area contributed by atoms with E-state index in [4.69, 9.17) is 10.1 Å². The third kappa shape index (κ3) is 6.35. The lowest BCUT2D eigenvalue weighted by Crippen LogP contribution is -2.30. The van der Waals surface area contributed by atoms with Crippen molar-refractivity contribution in [3.63, 3.8) is 0 Å². The Bertz CT molecular complexity index is 1270. The largest absolute Gasteiger partial charge is 0.507 e. The third-order valence-corrected chi connectivity index (χ3v) is 6.51. The number of phenolic OH excluding ortho intramolecular Hbond substituents is 1. The van der Waals surface area contributed by atoms with Gasteiger partial charge in [-0.1, -0.05) is 20.8 Å². The highest BCUT2D eigenvalue weighted by atomic mass is 79.9. The molecule has 0 spiro atoms. The molecule has 0 aliphatic carbocycles. The fourth-order valence-corrected chi connectivity index (χ4v) is 4.33. The first-order valence-corrected chi connectivity index (χ1v) is 12.2. The summed E-state index contributed by atoms with van der Waals surface area (Å²) < 4.78 is 5.64. The Labute approximate surface area is 234 Å². The van der Waals surface area contributed by atoms with Crippen LogP contribution in [0.25, 0.3) is 0 Å². The molecule has 2 amide bonds. The van der Waals surface area contributed by atoms with Gasteiger partial charge in [-0.15, -0.1) is 17.0 Å². The molecule has 9 nitrogen and oxygen atoms in total. The number of amides is 2. The van der Waals surface area contributed by atoms with Gasteiger partial charge in [-0.2, -0.15) is 0 Å². The smallest absolute Gasteiger partial charge is 0.254 e. The summed E-state index contributed by atoms with van der Waals surface area (Å²) in [6.45, 7) is 9.90. The number of aromatic hydroxyl groups is 1. The second-order valence-corrected chi connectivity index (χ2v) is 10.3. The quantitative estimate of drug-likeness (QED) is 0.400. The van der Waals surface area contributed by atoms with Crippen LogP contribution in [0.4, 0.5) is 0 Å². The highest BCUT2D eigenvalue weighted by molar-refractivity contribution is 8.93. The maximum Gasteiger partial charge on any atom is 0.254 e. The number of phenols is 1. The Hall–Kier alpha value is -3.40. The van der Waals surface area contributed by atoms with Crippen LogP contribution in [0.3, 0.4) is 0 Å². The van der Waals surface area contributed by atoms with E-state index in [-0.39, 0.29) is 59.3 Å². The number of amidine groups is 1. The topological polar surface area (TPSA) is 123 Å². The first kappa shape index (κ1) is 30.8. The number of carbonyl (C=O) groups excluding carboxylic acids is 3. The van der Waals surface area contributed by atoms with Crippen molar-refractivity contribution in [1.82, 2.24) is 15.1 Å². The van der Waals surface area contributed by atoms with E-state index in [0.29, 0.717) is 46.7 Å². The van der Waals surface area contributed by atoms with Gasteiger partial charge in [0.1, 0.15) is 17.3 Å². The van der Waals surface area contributed by atoms with Crippen molar-refractivity contribution in [3.8, 4) is 11.5 Å². The lowest BCUT2D eigenvalue weighted by atomic mass is 9.83. The molecule has 206 valence electrons. The first-order chi connectivity index (χ1) is 17.3. The predicted octanol–water partition coefficient (Wildman–Crippen LogP) is 4.03. The molecular weight excluding hydrogens is 552 g/mol. The molecule has 3 rings (SSSR count). The van der Waals surface area contributed by atoms with Crippen molar-refractivity contribution in [3.05, 3.63) is 57.6 Å². The molecule has 0 fully saturated rings. The van der Waals surface area contributed by atoms with Crippen molar-refractivity contribution in [1.29, 1.82) is 5.41 Å². The second-order valence-electron chi connectivity index (χ2n) is 10.3. The molecule has 3 N–H and O–H groups in total. The van der Waals surface area contributed by atoms with Crippen molar-refractivity contribution in [2.75, 3.05) is 27.2 Å². The molecule has 10 heteroatoms. The minimum atomic E-state index is -0.438. The van der Waals surface area contributed by atoms with E-state index in [9.17, 15) is 19.5 Å². The fourth-order valence-electron chi connectivity index (χ4n) is 4.33. The van der Waals surface area contributed by atoms with Gasteiger partial charge in [0.2, 0.25) is 5.91 Å². The molecule has 2 aromatic carbocycles. The summed E-state index contributed by atoms with van der Waals surface area (Å²) >= 11 is 0. The zero-order valence-corrected chi connectivity index (χ0v) is 24.7. The molecule has 1 aliphatic heterocycles. The molecule has 0 aromatic heterocycles. The van der Waals surface area contributed by atoms with Crippen LogP contribution in [0, 0.1) is 5.41 Å². The van der Waals surface area contributed by atoms with Gasteiger partial charge in [0.05, 0.1) is 18.7 Å². The van der Waals surface area contributed by atoms with Crippen LogP contribution in [-0.2, 0) is 23.3 Å². The van der Waals surface area contributed by atoms with Crippen molar-refractivity contribution < 1.29 is 24.2 Å². The van der Waals surface area contributed by atoms with E-state index in [1.54, 1.807) is 43.3 Å². The zero-order valence-electron chi connectivity index (χ0n) is 23.0.